The Morgan fingerprint density at radius 2 is 1.02 bits per heavy atom. The third kappa shape index (κ3) is 4.35. The van der Waals surface area contributed by atoms with Crippen molar-refractivity contribution < 1.29 is 0 Å². The smallest absolute Gasteiger partial charge is 0.138 e. The Morgan fingerprint density at radius 3 is 1.78 bits per heavy atom. The van der Waals surface area contributed by atoms with Gasteiger partial charge in [0.2, 0.25) is 0 Å². The van der Waals surface area contributed by atoms with E-state index in [1.54, 1.807) is 0 Å². The average molecular weight is 575 g/mol. The van der Waals surface area contributed by atoms with Gasteiger partial charge in [-0.3, -0.25) is 0 Å². The Balaban J connectivity index is 1.24. The lowest BCUT2D eigenvalue weighted by Gasteiger charge is -2.14. The van der Waals surface area contributed by atoms with Gasteiger partial charge in [-0.05, 0) is 59.0 Å². The summed E-state index contributed by atoms with van der Waals surface area (Å²) in [6.07, 6.45) is 4.17. The fourth-order valence-corrected chi connectivity index (χ4v) is 6.37. The van der Waals surface area contributed by atoms with E-state index in [4.69, 9.17) is 15.0 Å². The minimum absolute atomic E-state index is 0.917. The highest BCUT2D eigenvalue weighted by Crippen LogP contribution is 2.39. The summed E-state index contributed by atoms with van der Waals surface area (Å²) in [6.45, 7) is 0. The molecule has 0 atom stereocenters. The molecule has 0 saturated carbocycles. The van der Waals surface area contributed by atoms with E-state index in [0.29, 0.717) is 0 Å². The SMILES string of the molecule is c1ccc(-c2ccc3c(ccc4c5cc(-c6ccn7cc(-c8ccccc8)nc7c6)ccc5nc(-c5ccccc5)c34)n2)cc1. The molecule has 0 bridgehead atoms. The van der Waals surface area contributed by atoms with Crippen LogP contribution in [0.15, 0.2) is 158 Å². The minimum Gasteiger partial charge on any atom is -0.306 e. The number of pyridine rings is 3. The molecule has 9 aromatic rings. The number of imidazole rings is 1. The average Bonchev–Trinajstić information content (AvgIpc) is 3.55. The number of nitrogens with zero attached hydrogens (tertiary/aromatic N) is 4. The lowest BCUT2D eigenvalue weighted by molar-refractivity contribution is 1.19. The van der Waals surface area contributed by atoms with Crippen LogP contribution in [0.4, 0.5) is 0 Å². The van der Waals surface area contributed by atoms with Crippen LogP contribution in [0.5, 0.6) is 0 Å². The quantitative estimate of drug-likeness (QED) is 0.196. The molecule has 4 heterocycles. The minimum atomic E-state index is 0.917. The second-order valence-electron chi connectivity index (χ2n) is 11.3. The van der Waals surface area contributed by atoms with Crippen molar-refractivity contribution in [3.05, 3.63) is 158 Å². The molecular formula is C41H26N4. The summed E-state index contributed by atoms with van der Waals surface area (Å²) in [4.78, 5) is 15.3. The Labute approximate surface area is 259 Å². The molecule has 4 heteroatoms. The monoisotopic (exact) mass is 574 g/mol. The lowest BCUT2D eigenvalue weighted by Crippen LogP contribution is -1.93. The Morgan fingerprint density at radius 1 is 0.400 bits per heavy atom. The van der Waals surface area contributed by atoms with Crippen molar-refractivity contribution in [2.24, 2.45) is 0 Å². The van der Waals surface area contributed by atoms with Gasteiger partial charge in [-0.1, -0.05) is 103 Å². The van der Waals surface area contributed by atoms with Crippen molar-refractivity contribution >= 4 is 38.2 Å². The first-order chi connectivity index (χ1) is 22.3. The predicted octanol–water partition coefficient (Wildman–Crippen LogP) is 10.3. The van der Waals surface area contributed by atoms with Gasteiger partial charge in [0.05, 0.1) is 28.1 Å². The molecule has 4 aromatic heterocycles. The van der Waals surface area contributed by atoms with Crippen molar-refractivity contribution in [3.8, 4) is 44.9 Å². The van der Waals surface area contributed by atoms with Crippen LogP contribution in [0.1, 0.15) is 0 Å². The van der Waals surface area contributed by atoms with Gasteiger partial charge in [0, 0.05) is 45.2 Å². The largest absolute Gasteiger partial charge is 0.306 e. The van der Waals surface area contributed by atoms with E-state index in [1.165, 1.54) is 0 Å². The fourth-order valence-electron chi connectivity index (χ4n) is 6.37. The Hall–Kier alpha value is -6.13. The number of rotatable bonds is 4. The standard InChI is InChI=1S/C41H26N4/c1-4-10-27(11-5-1)35-20-18-33-36(42-35)21-17-32-34-24-30(16-19-37(34)44-41(40(32)33)29-14-8-3-9-15-29)31-22-23-45-26-38(43-39(45)25-31)28-12-6-2-7-13-28/h1-26H. The summed E-state index contributed by atoms with van der Waals surface area (Å²) in [5, 5.41) is 4.49. The van der Waals surface area contributed by atoms with Gasteiger partial charge in [0.1, 0.15) is 5.65 Å². The maximum Gasteiger partial charge on any atom is 0.138 e. The van der Waals surface area contributed by atoms with Gasteiger partial charge in [-0.2, -0.15) is 0 Å². The predicted molar refractivity (Wildman–Crippen MR) is 185 cm³/mol. The van der Waals surface area contributed by atoms with Gasteiger partial charge < -0.3 is 4.40 Å². The molecule has 5 aromatic carbocycles. The summed E-state index contributed by atoms with van der Waals surface area (Å²) in [5.41, 5.74) is 11.3. The first-order valence-electron chi connectivity index (χ1n) is 15.1. The summed E-state index contributed by atoms with van der Waals surface area (Å²) in [7, 11) is 0. The van der Waals surface area contributed by atoms with Crippen molar-refractivity contribution in [2.45, 2.75) is 0 Å². The Kier molecular flexibility index (Phi) is 5.78. The number of aromatic nitrogens is 4. The molecule has 0 fully saturated rings. The summed E-state index contributed by atoms with van der Waals surface area (Å²) in [6, 6.07) is 50.7. The molecule has 0 aliphatic rings. The molecule has 0 amide bonds. The fraction of sp³-hybridized carbons (Fsp3) is 0. The highest BCUT2D eigenvalue weighted by atomic mass is 15.0. The first kappa shape index (κ1) is 25.4. The number of hydrogen-bond acceptors (Lipinski definition) is 3. The maximum atomic E-state index is 5.28. The lowest BCUT2D eigenvalue weighted by atomic mass is 9.94. The molecule has 45 heavy (non-hydrogen) atoms. The molecule has 0 aliphatic carbocycles. The van der Waals surface area contributed by atoms with Crippen LogP contribution in [-0.4, -0.2) is 19.4 Å². The van der Waals surface area contributed by atoms with Crippen molar-refractivity contribution in [2.75, 3.05) is 0 Å². The van der Waals surface area contributed by atoms with E-state index in [-0.39, 0.29) is 0 Å². The summed E-state index contributed by atoms with van der Waals surface area (Å²) in [5.74, 6) is 0. The topological polar surface area (TPSA) is 43.1 Å². The Bertz CT molecular complexity index is 2520. The molecule has 0 N–H and O–H groups in total. The van der Waals surface area contributed by atoms with Gasteiger partial charge in [0.25, 0.3) is 0 Å². The normalized spacial score (nSPS) is 11.6. The molecule has 0 saturated heterocycles. The molecule has 0 spiro atoms. The van der Waals surface area contributed by atoms with Crippen LogP contribution in [0.3, 0.4) is 0 Å². The molecule has 0 aliphatic heterocycles. The van der Waals surface area contributed by atoms with Crippen LogP contribution in [-0.2, 0) is 0 Å². The van der Waals surface area contributed by atoms with Gasteiger partial charge in [-0.25, -0.2) is 15.0 Å². The molecular weight excluding hydrogens is 548 g/mol. The zero-order valence-corrected chi connectivity index (χ0v) is 24.3. The highest BCUT2D eigenvalue weighted by Gasteiger charge is 2.16. The van der Waals surface area contributed by atoms with E-state index < -0.39 is 0 Å². The molecule has 210 valence electrons. The van der Waals surface area contributed by atoms with Gasteiger partial charge in [-0.15, -0.1) is 0 Å². The van der Waals surface area contributed by atoms with Crippen LogP contribution >= 0.6 is 0 Å². The third-order valence-corrected chi connectivity index (χ3v) is 8.61. The van der Waals surface area contributed by atoms with Crippen molar-refractivity contribution in [1.29, 1.82) is 0 Å². The van der Waals surface area contributed by atoms with Crippen LogP contribution in [0.25, 0.3) is 83.1 Å². The van der Waals surface area contributed by atoms with Crippen molar-refractivity contribution in [1.82, 2.24) is 19.4 Å². The molecule has 9 rings (SSSR count). The molecule has 4 nitrogen and oxygen atoms in total. The van der Waals surface area contributed by atoms with Gasteiger partial charge >= 0.3 is 0 Å². The number of fused-ring (bicyclic) bond motifs is 6. The second kappa shape index (κ2) is 10.2. The van der Waals surface area contributed by atoms with Gasteiger partial charge in [0.15, 0.2) is 0 Å². The van der Waals surface area contributed by atoms with E-state index in [2.05, 4.69) is 132 Å². The zero-order valence-electron chi connectivity index (χ0n) is 24.3. The van der Waals surface area contributed by atoms with E-state index in [9.17, 15) is 0 Å². The van der Waals surface area contributed by atoms with Crippen LogP contribution in [0.2, 0.25) is 0 Å². The van der Waals surface area contributed by atoms with Crippen LogP contribution < -0.4 is 0 Å². The van der Waals surface area contributed by atoms with E-state index in [1.807, 2.05) is 30.3 Å². The van der Waals surface area contributed by atoms with Crippen LogP contribution in [0, 0.1) is 0 Å². The highest BCUT2D eigenvalue weighted by molar-refractivity contribution is 6.21. The number of hydrogen-bond donors (Lipinski definition) is 0. The van der Waals surface area contributed by atoms with E-state index in [0.717, 1.165) is 83.1 Å². The third-order valence-electron chi connectivity index (χ3n) is 8.61. The maximum absolute atomic E-state index is 5.28. The summed E-state index contributed by atoms with van der Waals surface area (Å²) >= 11 is 0. The zero-order chi connectivity index (χ0) is 29.7. The second-order valence-corrected chi connectivity index (χ2v) is 11.3. The van der Waals surface area contributed by atoms with E-state index >= 15 is 0 Å². The first-order valence-corrected chi connectivity index (χ1v) is 15.1. The molecule has 0 radical (unpaired) electrons. The molecule has 0 unspecified atom stereocenters. The van der Waals surface area contributed by atoms with Crippen molar-refractivity contribution in [3.63, 3.8) is 0 Å². The number of benzene rings is 5. The summed E-state index contributed by atoms with van der Waals surface area (Å²) < 4.78 is 2.08.